The predicted octanol–water partition coefficient (Wildman–Crippen LogP) is 20.2. The van der Waals surface area contributed by atoms with E-state index in [1.807, 2.05) is 12.1 Å². The predicted molar refractivity (Wildman–Crippen MR) is 316 cm³/mol. The Labute approximate surface area is 445 Å². The van der Waals surface area contributed by atoms with Gasteiger partial charge in [0, 0.05) is 0 Å². The third-order valence-electron chi connectivity index (χ3n) is 13.8. The Balaban J connectivity index is 0.0000104. The molecule has 0 N–H and O–H groups in total. The fraction of sp³-hybridized carbons (Fsp3) is 0.661. The summed E-state index contributed by atoms with van der Waals surface area (Å²) >= 11 is 1.47. The first-order chi connectivity index (χ1) is 32.7. The summed E-state index contributed by atoms with van der Waals surface area (Å²) in [5.74, 6) is 2.04. The van der Waals surface area contributed by atoms with E-state index in [9.17, 15) is 9.59 Å². The third kappa shape index (κ3) is 19.4. The van der Waals surface area contributed by atoms with Crippen molar-refractivity contribution in [1.29, 1.82) is 0 Å². The molecule has 0 spiro atoms. The molecule has 10 heteroatoms. The van der Waals surface area contributed by atoms with Crippen molar-refractivity contribution in [3.63, 3.8) is 0 Å². The Bertz CT molecular complexity index is 2050. The Morgan fingerprint density at radius 2 is 0.754 bits per heavy atom. The van der Waals surface area contributed by atoms with Crippen LogP contribution < -0.4 is 15.3 Å². The fourth-order valence-corrected chi connectivity index (χ4v) is 24.2. The topological polar surface area (TPSA) is 52.6 Å². The van der Waals surface area contributed by atoms with E-state index in [-0.39, 0.29) is 19.4 Å². The molecule has 5 aromatic rings. The Kier molecular flexibility index (Phi) is 27.3. The van der Waals surface area contributed by atoms with Gasteiger partial charge in [-0.2, -0.15) is 0 Å². The van der Waals surface area contributed by atoms with Crippen molar-refractivity contribution < 1.29 is 19.1 Å². The minimum absolute atomic E-state index is 0. The molecular formula is C59H94O4S4Sn2. The summed E-state index contributed by atoms with van der Waals surface area (Å²) in [6.07, 6.45) is 33.5. The van der Waals surface area contributed by atoms with Crippen LogP contribution in [-0.2, 0) is 12.8 Å². The van der Waals surface area contributed by atoms with Gasteiger partial charge in [0.05, 0.1) is 0 Å². The van der Waals surface area contributed by atoms with Gasteiger partial charge in [-0.05, 0) is 0 Å². The number of thiophene rings is 4. The molecule has 4 nitrogen and oxygen atoms in total. The molecule has 0 fully saturated rings. The first-order valence-electron chi connectivity index (χ1n) is 27.3. The van der Waals surface area contributed by atoms with E-state index < -0.39 is 36.8 Å². The quantitative estimate of drug-likeness (QED) is 0.0178. The van der Waals surface area contributed by atoms with Crippen LogP contribution in [0.5, 0.6) is 11.5 Å². The monoisotopic (exact) mass is 1230 g/mol. The van der Waals surface area contributed by atoms with Crippen LogP contribution in [0.15, 0.2) is 36.4 Å². The van der Waals surface area contributed by atoms with Crippen molar-refractivity contribution in [2.75, 3.05) is 0 Å². The molecule has 0 radical (unpaired) electrons. The molecule has 386 valence electrons. The van der Waals surface area contributed by atoms with Gasteiger partial charge in [0.25, 0.3) is 0 Å². The van der Waals surface area contributed by atoms with Crippen LogP contribution >= 0.6 is 45.3 Å². The van der Waals surface area contributed by atoms with Crippen molar-refractivity contribution in [3.05, 3.63) is 55.9 Å². The van der Waals surface area contributed by atoms with Crippen molar-refractivity contribution in [2.24, 2.45) is 11.8 Å². The van der Waals surface area contributed by atoms with Crippen molar-refractivity contribution in [3.8, 4) is 11.5 Å². The summed E-state index contributed by atoms with van der Waals surface area (Å²) in [5, 5.41) is 1.82. The molecule has 0 aliphatic rings. The molecule has 0 saturated heterocycles. The molecule has 1 aromatic carbocycles. The number of fused-ring (bicyclic) bond motifs is 2. The number of hydrogen-bond donors (Lipinski definition) is 0. The van der Waals surface area contributed by atoms with Crippen molar-refractivity contribution >= 4 is 120 Å². The molecule has 0 bridgehead atoms. The van der Waals surface area contributed by atoms with Gasteiger partial charge >= 0.3 is 286 Å². The average Bonchev–Trinajstić information content (AvgIpc) is 4.14. The van der Waals surface area contributed by atoms with E-state index in [0.29, 0.717) is 33.1 Å². The second kappa shape index (κ2) is 31.1. The van der Waals surface area contributed by atoms with Gasteiger partial charge in [-0.25, -0.2) is 0 Å². The maximum atomic E-state index is 14.4. The first kappa shape index (κ1) is 60.6. The average molecular weight is 1230 g/mol. The van der Waals surface area contributed by atoms with Crippen LogP contribution in [0.3, 0.4) is 0 Å². The van der Waals surface area contributed by atoms with E-state index in [1.54, 1.807) is 45.3 Å². The second-order valence-electron chi connectivity index (χ2n) is 22.1. The molecule has 2 unspecified atom stereocenters. The zero-order valence-electron chi connectivity index (χ0n) is 44.3. The second-order valence-corrected chi connectivity index (χ2v) is 57.4. The van der Waals surface area contributed by atoms with Crippen LogP contribution in [0, 0.1) is 11.8 Å². The van der Waals surface area contributed by atoms with E-state index in [0.717, 1.165) is 33.0 Å². The van der Waals surface area contributed by atoms with Crippen LogP contribution in [0.1, 0.15) is 218 Å². The zero-order chi connectivity index (χ0) is 49.1. The summed E-state index contributed by atoms with van der Waals surface area (Å²) in [5.41, 5.74) is 0. The number of carbonyl (C=O) groups excluding carboxylic acids is 2. The molecule has 2 atom stereocenters. The van der Waals surface area contributed by atoms with Gasteiger partial charge in [0.2, 0.25) is 0 Å². The van der Waals surface area contributed by atoms with E-state index >= 15 is 0 Å². The summed E-state index contributed by atoms with van der Waals surface area (Å²) in [4.78, 5) is 47.3. The number of ether oxygens (including phenoxy) is 2. The first-order valence-corrected chi connectivity index (χ1v) is 50.6. The summed E-state index contributed by atoms with van der Waals surface area (Å²) < 4.78 is 18.0. The van der Waals surface area contributed by atoms with Crippen LogP contribution in [-0.4, -0.2) is 48.7 Å². The van der Waals surface area contributed by atoms with E-state index in [1.165, 1.54) is 170 Å². The third-order valence-corrected chi connectivity index (χ3v) is 37.1. The molecule has 0 saturated carbocycles. The van der Waals surface area contributed by atoms with Gasteiger partial charge in [0.15, 0.2) is 0 Å². The van der Waals surface area contributed by atoms with E-state index in [2.05, 4.69) is 81.6 Å². The van der Waals surface area contributed by atoms with Crippen LogP contribution in [0.25, 0.3) is 20.2 Å². The Morgan fingerprint density at radius 1 is 0.449 bits per heavy atom. The van der Waals surface area contributed by atoms with Crippen LogP contribution in [0.2, 0.25) is 29.6 Å². The van der Waals surface area contributed by atoms with Crippen LogP contribution in [0.4, 0.5) is 0 Å². The molecule has 69 heavy (non-hydrogen) atoms. The van der Waals surface area contributed by atoms with Crippen molar-refractivity contribution in [2.45, 2.75) is 232 Å². The summed E-state index contributed by atoms with van der Waals surface area (Å²) in [6.45, 7) is 9.15. The van der Waals surface area contributed by atoms with Gasteiger partial charge in [-0.3, -0.25) is 0 Å². The Hall–Kier alpha value is -0.923. The van der Waals surface area contributed by atoms with Gasteiger partial charge in [0.1, 0.15) is 0 Å². The molecule has 4 aromatic heterocycles. The SMILES string of the molecule is C.CCCCCCCCC(CCCCCC)Cc1ccc(C(=O)Oc2c3c[c]([Sn]([CH3])([CH3])[CH3])sc3c(OC(=O)c3ccc(CC(CCCCCC)CCCCCCCC)s3)c3c[c]([Sn]([CH3])([CH3])[CH3])sc23)s1. The normalized spacial score (nSPS) is 13.0. The number of carbonyl (C=O) groups is 2. The number of hydrogen-bond acceptors (Lipinski definition) is 8. The molecule has 0 aliphatic carbocycles. The number of esters is 2. The zero-order valence-corrected chi connectivity index (χ0v) is 53.2. The number of rotatable bonds is 34. The fourth-order valence-electron chi connectivity index (χ4n) is 9.54. The van der Waals surface area contributed by atoms with Gasteiger partial charge < -0.3 is 0 Å². The van der Waals surface area contributed by atoms with Gasteiger partial charge in [-0.1, -0.05) is 164 Å². The standard InChI is InChI=1S/C52H72O4S4.CH4.6CH3.2Sn/c1-5-9-13-17-19-23-27-39(25-21-15-11-7-3)37-41-29-31-45(59-41)51(53)55-47-43-33-35-58-50(43)48(44-34-36-57-49(44)47)56-52(54)46-32-30-42(60-46)38-40(26-22-16-12-8-4)28-24-20-18-14-10-6-2;;;;;;;;;/h29-34,39-40H,5-28,37-38H2,1-4H3;1H4;6*1H3;;. The number of benzene rings is 1. The van der Waals surface area contributed by atoms with E-state index in [4.69, 9.17) is 9.47 Å². The molecule has 5 rings (SSSR count). The maximum absolute atomic E-state index is 14.4. The molecule has 0 amide bonds. The molecule has 4 heterocycles. The minimum atomic E-state index is -2.65. The summed E-state index contributed by atoms with van der Waals surface area (Å²) in [6, 6.07) is 12.9. The molecular weight excluding hydrogens is 1140 g/mol. The Morgan fingerprint density at radius 3 is 1.07 bits per heavy atom. The van der Waals surface area contributed by atoms with Crippen molar-refractivity contribution in [1.82, 2.24) is 0 Å². The molecule has 0 aliphatic heterocycles. The van der Waals surface area contributed by atoms with Gasteiger partial charge in [-0.15, -0.1) is 0 Å². The number of unbranched alkanes of at least 4 members (excludes halogenated alkanes) is 16. The summed E-state index contributed by atoms with van der Waals surface area (Å²) in [7, 11) is 0.